The Morgan fingerprint density at radius 3 is 2.53 bits per heavy atom. The minimum Gasteiger partial charge on any atom is -0.340 e. The van der Waals surface area contributed by atoms with Crippen LogP contribution in [0.1, 0.15) is 23.9 Å². The Labute approximate surface area is 123 Å². The van der Waals surface area contributed by atoms with Crippen LogP contribution in [0, 0.1) is 13.8 Å². The summed E-state index contributed by atoms with van der Waals surface area (Å²) in [6, 6.07) is 5.80. The van der Waals surface area contributed by atoms with E-state index in [1.54, 1.807) is 0 Å². The maximum Gasteiger partial charge on any atom is 0.138 e. The number of hydrogen-bond acceptors (Lipinski definition) is 3. The van der Waals surface area contributed by atoms with E-state index < -0.39 is 0 Å². The van der Waals surface area contributed by atoms with Crippen molar-refractivity contribution in [2.24, 2.45) is 0 Å². The van der Waals surface area contributed by atoms with Gasteiger partial charge in [-0.1, -0.05) is 36.2 Å². The largest absolute Gasteiger partial charge is 0.340 e. The van der Waals surface area contributed by atoms with Crippen LogP contribution in [0.5, 0.6) is 0 Å². The quantitative estimate of drug-likeness (QED) is 0.834. The van der Waals surface area contributed by atoms with E-state index in [4.69, 9.17) is 23.2 Å². The van der Waals surface area contributed by atoms with Crippen LogP contribution in [0.25, 0.3) is 0 Å². The van der Waals surface area contributed by atoms with Crippen molar-refractivity contribution in [3.63, 3.8) is 0 Å². The lowest BCUT2D eigenvalue weighted by Crippen LogP contribution is -2.03. The molecule has 5 heteroatoms. The third kappa shape index (κ3) is 3.17. The van der Waals surface area contributed by atoms with Gasteiger partial charge in [0.15, 0.2) is 0 Å². The summed E-state index contributed by atoms with van der Waals surface area (Å²) in [5.74, 6) is 1.44. The summed E-state index contributed by atoms with van der Waals surface area (Å²) in [5, 5.41) is 4.44. The van der Waals surface area contributed by atoms with Gasteiger partial charge in [0.1, 0.15) is 16.8 Å². The molecule has 1 aromatic carbocycles. The minimum atomic E-state index is 0.479. The Balaban J connectivity index is 2.37. The van der Waals surface area contributed by atoms with E-state index in [0.717, 1.165) is 39.9 Å². The smallest absolute Gasteiger partial charge is 0.138 e. The lowest BCUT2D eigenvalue weighted by Gasteiger charge is -2.11. The van der Waals surface area contributed by atoms with Gasteiger partial charge < -0.3 is 5.32 Å². The molecule has 0 fully saturated rings. The number of benzene rings is 1. The average molecular weight is 296 g/mol. The molecular formula is C14H15Cl2N3. The molecule has 2 aromatic rings. The van der Waals surface area contributed by atoms with Gasteiger partial charge in [-0.05, 0) is 31.5 Å². The maximum absolute atomic E-state index is 6.11. The molecule has 0 saturated carbocycles. The summed E-state index contributed by atoms with van der Waals surface area (Å²) in [6.07, 6.45) is 0.739. The molecule has 0 saturated heterocycles. The Morgan fingerprint density at radius 1 is 1.16 bits per heavy atom. The van der Waals surface area contributed by atoms with E-state index in [0.29, 0.717) is 5.15 Å². The number of nitrogens with zero attached hydrogens (tertiary/aromatic N) is 2. The predicted molar refractivity (Wildman–Crippen MR) is 80.6 cm³/mol. The van der Waals surface area contributed by atoms with Gasteiger partial charge in [-0.2, -0.15) is 0 Å². The second-order valence-electron chi connectivity index (χ2n) is 4.35. The third-order valence-electron chi connectivity index (χ3n) is 2.88. The van der Waals surface area contributed by atoms with Gasteiger partial charge in [-0.25, -0.2) is 9.97 Å². The van der Waals surface area contributed by atoms with Crippen LogP contribution in [0.15, 0.2) is 18.2 Å². The highest BCUT2D eigenvalue weighted by Crippen LogP contribution is 2.26. The Hall–Kier alpha value is -1.32. The number of halogens is 2. The number of hydrogen-bond donors (Lipinski definition) is 1. The van der Waals surface area contributed by atoms with Crippen LogP contribution in [-0.4, -0.2) is 9.97 Å². The molecule has 0 amide bonds. The summed E-state index contributed by atoms with van der Waals surface area (Å²) in [6.45, 7) is 5.85. The van der Waals surface area contributed by atoms with Crippen molar-refractivity contribution in [3.05, 3.63) is 45.3 Å². The van der Waals surface area contributed by atoms with Crippen LogP contribution in [-0.2, 0) is 6.42 Å². The Bertz CT molecular complexity index is 612. The van der Waals surface area contributed by atoms with Crippen molar-refractivity contribution in [2.45, 2.75) is 27.2 Å². The van der Waals surface area contributed by atoms with Crippen molar-refractivity contribution >= 4 is 34.7 Å². The van der Waals surface area contributed by atoms with Crippen molar-refractivity contribution in [3.8, 4) is 0 Å². The lowest BCUT2D eigenvalue weighted by atomic mass is 10.2. The average Bonchev–Trinajstić information content (AvgIpc) is 2.39. The molecule has 1 N–H and O–H groups in total. The first kappa shape index (κ1) is 14.1. The highest BCUT2D eigenvalue weighted by Gasteiger charge is 2.09. The van der Waals surface area contributed by atoms with Gasteiger partial charge in [-0.15, -0.1) is 0 Å². The molecule has 100 valence electrons. The molecular weight excluding hydrogens is 281 g/mol. The number of aromatic nitrogens is 2. The normalized spacial score (nSPS) is 10.6. The fraction of sp³-hybridized carbons (Fsp3) is 0.286. The van der Waals surface area contributed by atoms with E-state index >= 15 is 0 Å². The van der Waals surface area contributed by atoms with Crippen LogP contribution in [0.2, 0.25) is 10.2 Å². The van der Waals surface area contributed by atoms with E-state index in [2.05, 4.69) is 15.3 Å². The second kappa shape index (κ2) is 5.76. The molecule has 1 aromatic heterocycles. The Morgan fingerprint density at radius 2 is 1.89 bits per heavy atom. The van der Waals surface area contributed by atoms with Gasteiger partial charge in [0.25, 0.3) is 0 Å². The third-order valence-corrected chi connectivity index (χ3v) is 3.66. The summed E-state index contributed by atoms with van der Waals surface area (Å²) >= 11 is 12.2. The SMILES string of the molecule is CCc1nc(Cl)c(C)c(Nc2ccc(C)c(Cl)c2)n1. The summed E-state index contributed by atoms with van der Waals surface area (Å²) in [4.78, 5) is 8.66. The van der Waals surface area contributed by atoms with Crippen LogP contribution in [0.4, 0.5) is 11.5 Å². The first-order valence-electron chi connectivity index (χ1n) is 6.07. The van der Waals surface area contributed by atoms with E-state index in [-0.39, 0.29) is 0 Å². The monoisotopic (exact) mass is 295 g/mol. The predicted octanol–water partition coefficient (Wildman–Crippen LogP) is 4.71. The maximum atomic E-state index is 6.11. The van der Waals surface area contributed by atoms with Crippen molar-refractivity contribution < 1.29 is 0 Å². The topological polar surface area (TPSA) is 37.8 Å². The van der Waals surface area contributed by atoms with Crippen LogP contribution < -0.4 is 5.32 Å². The molecule has 3 nitrogen and oxygen atoms in total. The number of rotatable bonds is 3. The molecule has 1 heterocycles. The summed E-state index contributed by atoms with van der Waals surface area (Å²) in [5.41, 5.74) is 2.75. The number of aryl methyl sites for hydroxylation is 2. The molecule has 0 spiro atoms. The van der Waals surface area contributed by atoms with Crippen molar-refractivity contribution in [2.75, 3.05) is 5.32 Å². The van der Waals surface area contributed by atoms with Gasteiger partial charge in [-0.3, -0.25) is 0 Å². The molecule has 0 aliphatic heterocycles. The highest BCUT2D eigenvalue weighted by atomic mass is 35.5. The molecule has 0 unspecified atom stereocenters. The van der Waals surface area contributed by atoms with E-state index in [1.165, 1.54) is 0 Å². The summed E-state index contributed by atoms with van der Waals surface area (Å²) < 4.78 is 0. The van der Waals surface area contributed by atoms with Crippen LogP contribution in [0.3, 0.4) is 0 Å². The molecule has 0 bridgehead atoms. The van der Waals surface area contributed by atoms with E-state index in [9.17, 15) is 0 Å². The molecule has 0 aliphatic rings. The fourth-order valence-corrected chi connectivity index (χ4v) is 1.99. The first-order chi connectivity index (χ1) is 9.01. The van der Waals surface area contributed by atoms with Crippen LogP contribution >= 0.6 is 23.2 Å². The Kier molecular flexibility index (Phi) is 4.27. The molecule has 0 radical (unpaired) electrons. The molecule has 0 aliphatic carbocycles. The highest BCUT2D eigenvalue weighted by molar-refractivity contribution is 6.31. The van der Waals surface area contributed by atoms with Gasteiger partial charge in [0.05, 0.1) is 0 Å². The lowest BCUT2D eigenvalue weighted by molar-refractivity contribution is 0.934. The minimum absolute atomic E-state index is 0.479. The first-order valence-corrected chi connectivity index (χ1v) is 6.83. The zero-order valence-electron chi connectivity index (χ0n) is 11.1. The van der Waals surface area contributed by atoms with Gasteiger partial charge in [0.2, 0.25) is 0 Å². The standard InChI is InChI=1S/C14H15Cl2N3/c1-4-12-18-13(16)9(3)14(19-12)17-10-6-5-8(2)11(15)7-10/h5-7H,4H2,1-3H3,(H,17,18,19). The second-order valence-corrected chi connectivity index (χ2v) is 5.11. The zero-order valence-corrected chi connectivity index (χ0v) is 12.6. The number of anilines is 2. The van der Waals surface area contributed by atoms with Crippen molar-refractivity contribution in [1.29, 1.82) is 0 Å². The molecule has 19 heavy (non-hydrogen) atoms. The van der Waals surface area contributed by atoms with Gasteiger partial charge >= 0.3 is 0 Å². The molecule has 2 rings (SSSR count). The zero-order chi connectivity index (χ0) is 14.0. The fourth-order valence-electron chi connectivity index (χ4n) is 1.62. The number of nitrogens with one attached hydrogen (secondary N) is 1. The van der Waals surface area contributed by atoms with E-state index in [1.807, 2.05) is 39.0 Å². The molecule has 0 atom stereocenters. The summed E-state index contributed by atoms with van der Waals surface area (Å²) in [7, 11) is 0. The van der Waals surface area contributed by atoms with Crippen molar-refractivity contribution in [1.82, 2.24) is 9.97 Å². The van der Waals surface area contributed by atoms with Gasteiger partial charge in [0, 0.05) is 22.7 Å².